The van der Waals surface area contributed by atoms with Crippen LogP contribution in [-0.2, 0) is 9.59 Å². The third kappa shape index (κ3) is 2.20. The van der Waals surface area contributed by atoms with E-state index in [4.69, 9.17) is 11.5 Å². The van der Waals surface area contributed by atoms with Gasteiger partial charge in [0.2, 0.25) is 11.8 Å². The highest BCUT2D eigenvalue weighted by Gasteiger charge is 2.26. The SMILES string of the molecule is NC(=O)CN1CCC(C(N)=O)C1. The highest BCUT2D eigenvalue weighted by molar-refractivity contribution is 5.78. The summed E-state index contributed by atoms with van der Waals surface area (Å²) in [5.41, 5.74) is 10.1. The molecule has 2 amide bonds. The Kier molecular flexibility index (Phi) is 2.65. The molecule has 1 atom stereocenters. The standard InChI is InChI=1S/C7H13N3O2/c8-6(11)4-10-2-1-5(3-10)7(9)12/h5H,1-4H2,(H2,8,11)(H2,9,12). The van der Waals surface area contributed by atoms with Crippen molar-refractivity contribution in [1.29, 1.82) is 0 Å². The summed E-state index contributed by atoms with van der Waals surface area (Å²) in [6.07, 6.45) is 0.739. The number of hydrogen-bond acceptors (Lipinski definition) is 3. The number of primary amides is 2. The molecule has 5 heteroatoms. The topological polar surface area (TPSA) is 89.4 Å². The fourth-order valence-corrected chi connectivity index (χ4v) is 1.43. The highest BCUT2D eigenvalue weighted by Crippen LogP contribution is 2.14. The number of nitrogens with zero attached hydrogens (tertiary/aromatic N) is 1. The molecule has 5 nitrogen and oxygen atoms in total. The normalized spacial score (nSPS) is 24.2. The fourth-order valence-electron chi connectivity index (χ4n) is 1.43. The molecule has 0 radical (unpaired) electrons. The monoisotopic (exact) mass is 171 g/mol. The van der Waals surface area contributed by atoms with Crippen molar-refractivity contribution in [3.63, 3.8) is 0 Å². The molecule has 4 N–H and O–H groups in total. The van der Waals surface area contributed by atoms with Gasteiger partial charge in [-0.25, -0.2) is 0 Å². The summed E-state index contributed by atoms with van der Waals surface area (Å²) < 4.78 is 0. The highest BCUT2D eigenvalue weighted by atomic mass is 16.1. The summed E-state index contributed by atoms with van der Waals surface area (Å²) in [6, 6.07) is 0. The second-order valence-electron chi connectivity index (χ2n) is 3.09. The van der Waals surface area contributed by atoms with Gasteiger partial charge in [-0.1, -0.05) is 0 Å². The maximum Gasteiger partial charge on any atom is 0.231 e. The zero-order valence-electron chi connectivity index (χ0n) is 6.82. The number of amides is 2. The van der Waals surface area contributed by atoms with Gasteiger partial charge in [0, 0.05) is 6.54 Å². The molecule has 1 rings (SSSR count). The van der Waals surface area contributed by atoms with E-state index in [1.807, 2.05) is 4.90 Å². The van der Waals surface area contributed by atoms with Crippen LogP contribution in [0.2, 0.25) is 0 Å². The van der Waals surface area contributed by atoms with E-state index in [0.717, 1.165) is 13.0 Å². The van der Waals surface area contributed by atoms with Crippen molar-refractivity contribution in [2.75, 3.05) is 19.6 Å². The van der Waals surface area contributed by atoms with Gasteiger partial charge in [0.1, 0.15) is 0 Å². The van der Waals surface area contributed by atoms with Gasteiger partial charge in [-0.3, -0.25) is 14.5 Å². The van der Waals surface area contributed by atoms with Crippen molar-refractivity contribution in [2.24, 2.45) is 17.4 Å². The van der Waals surface area contributed by atoms with Crippen LogP contribution in [0.1, 0.15) is 6.42 Å². The van der Waals surface area contributed by atoms with Crippen LogP contribution in [0.4, 0.5) is 0 Å². The van der Waals surface area contributed by atoms with Gasteiger partial charge in [0.15, 0.2) is 0 Å². The first-order valence-corrected chi connectivity index (χ1v) is 3.89. The van der Waals surface area contributed by atoms with Gasteiger partial charge < -0.3 is 11.5 Å². The molecular weight excluding hydrogens is 158 g/mol. The van der Waals surface area contributed by atoms with E-state index >= 15 is 0 Å². The second kappa shape index (κ2) is 3.53. The minimum absolute atomic E-state index is 0.107. The lowest BCUT2D eigenvalue weighted by atomic mass is 10.1. The van der Waals surface area contributed by atoms with Crippen LogP contribution in [0.25, 0.3) is 0 Å². The van der Waals surface area contributed by atoms with Crippen molar-refractivity contribution < 1.29 is 9.59 Å². The molecule has 0 aliphatic carbocycles. The zero-order chi connectivity index (χ0) is 9.14. The van der Waals surface area contributed by atoms with Gasteiger partial charge in [-0.2, -0.15) is 0 Å². The number of likely N-dealkylation sites (tertiary alicyclic amines) is 1. The van der Waals surface area contributed by atoms with Crippen LogP contribution in [-0.4, -0.2) is 36.3 Å². The fraction of sp³-hybridized carbons (Fsp3) is 0.714. The third-order valence-electron chi connectivity index (χ3n) is 2.05. The van der Waals surface area contributed by atoms with Crippen LogP contribution >= 0.6 is 0 Å². The predicted octanol–water partition coefficient (Wildman–Crippen LogP) is -1.72. The molecule has 68 valence electrons. The molecule has 1 aliphatic heterocycles. The van der Waals surface area contributed by atoms with Gasteiger partial charge in [-0.15, -0.1) is 0 Å². The lowest BCUT2D eigenvalue weighted by Gasteiger charge is -2.11. The van der Waals surface area contributed by atoms with Crippen molar-refractivity contribution in [1.82, 2.24) is 4.90 Å². The van der Waals surface area contributed by atoms with Crippen molar-refractivity contribution >= 4 is 11.8 Å². The number of nitrogens with two attached hydrogens (primary N) is 2. The van der Waals surface area contributed by atoms with Gasteiger partial charge in [-0.05, 0) is 13.0 Å². The minimum atomic E-state index is -0.361. The van der Waals surface area contributed by atoms with E-state index < -0.39 is 0 Å². The van der Waals surface area contributed by atoms with E-state index in [-0.39, 0.29) is 24.3 Å². The lowest BCUT2D eigenvalue weighted by molar-refractivity contribution is -0.122. The van der Waals surface area contributed by atoms with Crippen LogP contribution in [0, 0.1) is 5.92 Å². The molecule has 1 saturated heterocycles. The van der Waals surface area contributed by atoms with E-state index in [1.165, 1.54) is 0 Å². The Labute approximate surface area is 70.7 Å². The average molecular weight is 171 g/mol. The third-order valence-corrected chi connectivity index (χ3v) is 2.05. The lowest BCUT2D eigenvalue weighted by Crippen LogP contribution is -2.33. The number of hydrogen-bond donors (Lipinski definition) is 2. The molecule has 0 aromatic rings. The van der Waals surface area contributed by atoms with Crippen LogP contribution in [0.5, 0.6) is 0 Å². The summed E-state index contributed by atoms with van der Waals surface area (Å²) >= 11 is 0. The molecule has 0 saturated carbocycles. The van der Waals surface area contributed by atoms with Crippen molar-refractivity contribution in [3.05, 3.63) is 0 Å². The molecule has 1 aliphatic rings. The molecule has 0 bridgehead atoms. The molecule has 0 spiro atoms. The van der Waals surface area contributed by atoms with Crippen LogP contribution < -0.4 is 11.5 Å². The Hall–Kier alpha value is -1.10. The first-order chi connectivity index (χ1) is 5.59. The molecule has 1 fully saturated rings. The summed E-state index contributed by atoms with van der Waals surface area (Å²) in [7, 11) is 0. The van der Waals surface area contributed by atoms with E-state index in [0.29, 0.717) is 6.54 Å². The molecule has 1 heterocycles. The summed E-state index contributed by atoms with van der Waals surface area (Å²) in [6.45, 7) is 1.53. The first kappa shape index (κ1) is 8.99. The summed E-state index contributed by atoms with van der Waals surface area (Å²) in [4.78, 5) is 23.1. The van der Waals surface area contributed by atoms with E-state index in [2.05, 4.69) is 0 Å². The molecular formula is C7H13N3O2. The molecule has 1 unspecified atom stereocenters. The average Bonchev–Trinajstić information content (AvgIpc) is 2.34. The van der Waals surface area contributed by atoms with Gasteiger partial charge in [0.25, 0.3) is 0 Å². The Bertz CT molecular complexity index is 205. The maximum absolute atomic E-state index is 10.7. The van der Waals surface area contributed by atoms with Crippen LogP contribution in [0.3, 0.4) is 0 Å². The molecule has 0 aromatic heterocycles. The Morgan fingerprint density at radius 3 is 2.50 bits per heavy atom. The minimum Gasteiger partial charge on any atom is -0.369 e. The van der Waals surface area contributed by atoms with Gasteiger partial charge in [0.05, 0.1) is 12.5 Å². The van der Waals surface area contributed by atoms with Crippen LogP contribution in [0.15, 0.2) is 0 Å². The van der Waals surface area contributed by atoms with Gasteiger partial charge >= 0.3 is 0 Å². The first-order valence-electron chi connectivity index (χ1n) is 3.89. The number of carbonyl (C=O) groups is 2. The predicted molar refractivity (Wildman–Crippen MR) is 42.9 cm³/mol. The largest absolute Gasteiger partial charge is 0.369 e. The van der Waals surface area contributed by atoms with E-state index in [9.17, 15) is 9.59 Å². The number of rotatable bonds is 3. The second-order valence-corrected chi connectivity index (χ2v) is 3.09. The molecule has 0 aromatic carbocycles. The summed E-state index contributed by atoms with van der Waals surface area (Å²) in [5.74, 6) is -0.758. The number of carbonyl (C=O) groups excluding carboxylic acids is 2. The van der Waals surface area contributed by atoms with Crippen molar-refractivity contribution in [2.45, 2.75) is 6.42 Å². The Morgan fingerprint density at radius 1 is 1.42 bits per heavy atom. The Balaban J connectivity index is 2.35. The summed E-state index contributed by atoms with van der Waals surface area (Å²) in [5, 5.41) is 0. The van der Waals surface area contributed by atoms with Crippen molar-refractivity contribution in [3.8, 4) is 0 Å². The zero-order valence-corrected chi connectivity index (χ0v) is 6.82. The maximum atomic E-state index is 10.7. The van der Waals surface area contributed by atoms with E-state index in [1.54, 1.807) is 0 Å². The quantitative estimate of drug-likeness (QED) is 0.529. The molecule has 12 heavy (non-hydrogen) atoms. The Morgan fingerprint density at radius 2 is 2.08 bits per heavy atom. The smallest absolute Gasteiger partial charge is 0.231 e.